The predicted octanol–water partition coefficient (Wildman–Crippen LogP) is 3.30. The van der Waals surface area contributed by atoms with Crippen molar-refractivity contribution in [3.8, 4) is 0 Å². The molecule has 24 nitrogen and oxygen atoms in total. The van der Waals surface area contributed by atoms with Gasteiger partial charge in [0.15, 0.2) is 22.8 Å². The van der Waals surface area contributed by atoms with E-state index in [-0.39, 0.29) is 48.0 Å². The zero-order chi connectivity index (χ0) is 47.6. The second-order valence-corrected chi connectivity index (χ2v) is 20.7. The fourth-order valence-corrected chi connectivity index (χ4v) is 9.51. The molecule has 64 heavy (non-hydrogen) atoms. The molecule has 2 amide bonds. The van der Waals surface area contributed by atoms with Gasteiger partial charge in [-0.1, -0.05) is 77.5 Å². The van der Waals surface area contributed by atoms with Crippen molar-refractivity contribution in [3.63, 3.8) is 0 Å². The Balaban J connectivity index is 1.36. The van der Waals surface area contributed by atoms with Crippen LogP contribution in [0.3, 0.4) is 0 Å². The number of thioether (sulfide) groups is 1. The van der Waals surface area contributed by atoms with E-state index in [4.69, 9.17) is 19.5 Å². The normalized spacial score (nSPS) is 20.2. The number of rotatable bonds is 30. The molecule has 7 atom stereocenters. The van der Waals surface area contributed by atoms with Crippen LogP contribution in [0.2, 0.25) is 0 Å². The molecule has 3 rings (SSSR count). The second kappa shape index (κ2) is 26.4. The van der Waals surface area contributed by atoms with Crippen molar-refractivity contribution in [1.82, 2.24) is 30.2 Å². The smallest absolute Gasteiger partial charge is 0.386 e. The summed E-state index contributed by atoms with van der Waals surface area (Å²) in [7, 11) is -16.4. The molecule has 10 N–H and O–H groups in total. The van der Waals surface area contributed by atoms with Gasteiger partial charge in [0.2, 0.25) is 11.8 Å². The molecule has 1 saturated heterocycles. The number of anilines is 1. The van der Waals surface area contributed by atoms with E-state index >= 15 is 0 Å². The number of nitrogens with one attached hydrogen (secondary N) is 2. The van der Waals surface area contributed by atoms with Crippen molar-refractivity contribution < 1.29 is 80.5 Å². The summed E-state index contributed by atoms with van der Waals surface area (Å²) in [6.07, 6.45) is 7.78. The van der Waals surface area contributed by atoms with E-state index in [0.29, 0.717) is 5.75 Å². The Morgan fingerprint density at radius 3 is 2.34 bits per heavy atom. The molecule has 1 fully saturated rings. The Kier molecular flexibility index (Phi) is 22.9. The number of carbonyl (C=O) groups is 3. The van der Waals surface area contributed by atoms with Gasteiger partial charge in [0.25, 0.3) is 0 Å². The average Bonchev–Trinajstić information content (AvgIpc) is 3.78. The van der Waals surface area contributed by atoms with Gasteiger partial charge in [0, 0.05) is 37.1 Å². The van der Waals surface area contributed by atoms with Gasteiger partial charge in [0.05, 0.1) is 19.5 Å². The number of phosphoric ester groups is 3. The summed E-state index contributed by atoms with van der Waals surface area (Å²) < 4.78 is 62.3. The van der Waals surface area contributed by atoms with Crippen LogP contribution in [-0.2, 0) is 50.7 Å². The van der Waals surface area contributed by atoms with Crippen LogP contribution >= 0.6 is 35.2 Å². The number of hydrogen-bond acceptors (Lipinski definition) is 18. The number of aromatic nitrogens is 4. The lowest BCUT2D eigenvalue weighted by atomic mass is 9.87. The summed E-state index contributed by atoms with van der Waals surface area (Å²) in [5, 5.41) is 26.4. The van der Waals surface area contributed by atoms with Crippen LogP contribution in [-0.4, -0.2) is 123 Å². The molecule has 2 unspecified atom stereocenters. The number of hydrogen-bond donors (Lipinski definition) is 9. The number of amides is 2. The van der Waals surface area contributed by atoms with Crippen molar-refractivity contribution in [2.45, 2.75) is 122 Å². The maximum atomic E-state index is 12.7. The predicted molar refractivity (Wildman–Crippen MR) is 232 cm³/mol. The zero-order valence-electron chi connectivity index (χ0n) is 35.8. The number of carbonyl (C=O) groups excluding carboxylic acids is 3. The molecule has 362 valence electrons. The van der Waals surface area contributed by atoms with Crippen LogP contribution in [0, 0.1) is 5.41 Å². The zero-order valence-corrected chi connectivity index (χ0v) is 39.3. The molecule has 0 aromatic carbocycles. The molecular weight excluding hydrogens is 927 g/mol. The van der Waals surface area contributed by atoms with E-state index in [0.717, 1.165) is 41.8 Å². The SMILES string of the molecule is CCCCCCCCCCC=C=CCC(=O)SCCNC(=O)CCNC(=O)[C@H](O)C(C)(C)COP(=O)(O)OP(=O)(O)OC[C@H]1O[C@@H](n2cnc3c(N)ncnc32)[C@H](O)[C@@H]1OP(=O)(O)O. The number of phosphoric acid groups is 3. The Morgan fingerprint density at radius 1 is 0.984 bits per heavy atom. The van der Waals surface area contributed by atoms with Crippen molar-refractivity contribution in [1.29, 1.82) is 0 Å². The van der Waals surface area contributed by atoms with E-state index in [1.807, 2.05) is 6.08 Å². The summed E-state index contributed by atoms with van der Waals surface area (Å²) >= 11 is 1.07. The first kappa shape index (κ1) is 55.4. The molecule has 28 heteroatoms. The number of imidazole rings is 1. The van der Waals surface area contributed by atoms with E-state index in [1.54, 1.807) is 6.08 Å². The number of nitrogens with two attached hydrogens (primary N) is 1. The third-order valence-electron chi connectivity index (χ3n) is 9.47. The van der Waals surface area contributed by atoms with Crippen LogP contribution < -0.4 is 16.4 Å². The first-order valence-corrected chi connectivity index (χ1v) is 26.0. The van der Waals surface area contributed by atoms with Gasteiger partial charge in [-0.25, -0.2) is 28.6 Å². The van der Waals surface area contributed by atoms with Crippen LogP contribution in [0.5, 0.6) is 0 Å². The van der Waals surface area contributed by atoms with E-state index in [1.165, 1.54) is 58.8 Å². The molecule has 1 aliphatic rings. The van der Waals surface area contributed by atoms with Crippen molar-refractivity contribution >= 4 is 69.1 Å². The Labute approximate surface area is 374 Å². The average molecular weight is 988 g/mol. The lowest BCUT2D eigenvalue weighted by Gasteiger charge is -2.30. The fraction of sp³-hybridized carbons (Fsp3) is 0.694. The van der Waals surface area contributed by atoms with Gasteiger partial charge in [-0.15, -0.1) is 5.73 Å². The topological polar surface area (TPSA) is 364 Å². The third kappa shape index (κ3) is 19.5. The number of aliphatic hydroxyl groups excluding tert-OH is 2. The van der Waals surface area contributed by atoms with Crippen LogP contribution in [0.4, 0.5) is 5.82 Å². The van der Waals surface area contributed by atoms with Crippen LogP contribution in [0.1, 0.15) is 97.6 Å². The van der Waals surface area contributed by atoms with Gasteiger partial charge in [-0.2, -0.15) is 4.31 Å². The van der Waals surface area contributed by atoms with Gasteiger partial charge in [-0.3, -0.25) is 32.5 Å². The maximum absolute atomic E-state index is 12.7. The molecule has 0 radical (unpaired) electrons. The number of aliphatic hydroxyl groups is 2. The first-order chi connectivity index (χ1) is 30.1. The standard InChI is InChI=1S/C36H60N7O17P3S/c1-4-5-6-7-8-9-10-11-12-13-14-15-16-27(45)64-20-19-38-26(44)17-18-39-34(48)31(47)36(2,3)22-57-63(54,55)60-62(52,53)56-21-25-30(59-61(49,50)51)29(46)35(58-25)43-24-42-28-32(37)40-23-41-33(28)43/h13,15,23-25,29-31,35,46-47H,4-12,16-22H2,1-3H3,(H,38,44)(H,39,48)(H,52,53)(H,54,55)(H2,37,40,41)(H2,49,50,51)/t14?,25-,29-,30-,31+,35-/m1/s1. The Morgan fingerprint density at radius 2 is 1.66 bits per heavy atom. The fourth-order valence-electron chi connectivity index (χ4n) is 6.04. The highest BCUT2D eigenvalue weighted by atomic mass is 32.2. The van der Waals surface area contributed by atoms with Gasteiger partial charge >= 0.3 is 23.5 Å². The molecule has 2 aromatic heterocycles. The van der Waals surface area contributed by atoms with Gasteiger partial charge < -0.3 is 50.9 Å². The third-order valence-corrected chi connectivity index (χ3v) is 13.5. The number of nitrogens with zero attached hydrogens (tertiary/aromatic N) is 4. The summed E-state index contributed by atoms with van der Waals surface area (Å²) in [6.45, 7) is 2.70. The summed E-state index contributed by atoms with van der Waals surface area (Å²) in [5.41, 5.74) is 7.31. The van der Waals surface area contributed by atoms with E-state index < -0.39 is 84.6 Å². The molecule has 0 aliphatic carbocycles. The molecule has 2 aromatic rings. The lowest BCUT2D eigenvalue weighted by Crippen LogP contribution is -2.46. The highest BCUT2D eigenvalue weighted by Gasteiger charge is 2.50. The minimum atomic E-state index is -5.58. The molecule has 3 heterocycles. The second-order valence-electron chi connectivity index (χ2n) is 15.3. The van der Waals surface area contributed by atoms with Gasteiger partial charge in [-0.05, 0) is 25.0 Å². The minimum Gasteiger partial charge on any atom is -0.386 e. The molecule has 1 aliphatic heterocycles. The summed E-state index contributed by atoms with van der Waals surface area (Å²) in [6, 6.07) is 0. The summed E-state index contributed by atoms with van der Waals surface area (Å²) in [5.74, 6) is -1.12. The first-order valence-electron chi connectivity index (χ1n) is 20.5. The highest BCUT2D eigenvalue weighted by molar-refractivity contribution is 8.13. The molecule has 0 spiro atoms. The molecular formula is C36H60N7O17P3S. The largest absolute Gasteiger partial charge is 0.481 e. The summed E-state index contributed by atoms with van der Waals surface area (Å²) in [4.78, 5) is 88.1. The minimum absolute atomic E-state index is 0.0309. The number of nitrogen functional groups attached to an aromatic ring is 1. The Bertz CT molecular complexity index is 2050. The maximum Gasteiger partial charge on any atom is 0.481 e. The number of unbranched alkanes of at least 4 members (excludes halogenated alkanes) is 8. The monoisotopic (exact) mass is 987 g/mol. The number of fused-ring (bicyclic) bond motifs is 1. The van der Waals surface area contributed by atoms with Crippen molar-refractivity contribution in [2.24, 2.45) is 5.41 Å². The van der Waals surface area contributed by atoms with Crippen LogP contribution in [0.15, 0.2) is 30.5 Å². The molecule has 0 bridgehead atoms. The van der Waals surface area contributed by atoms with Crippen molar-refractivity contribution in [3.05, 3.63) is 30.5 Å². The van der Waals surface area contributed by atoms with Crippen molar-refractivity contribution in [2.75, 3.05) is 37.8 Å². The van der Waals surface area contributed by atoms with E-state index in [2.05, 4.69) is 47.1 Å². The number of allylic oxidation sites excluding steroid dienone is 1. The van der Waals surface area contributed by atoms with Gasteiger partial charge in [0.1, 0.15) is 36.3 Å². The molecule has 0 saturated carbocycles. The number of ether oxygens (including phenoxy) is 1. The quantitative estimate of drug-likeness (QED) is 0.0308. The lowest BCUT2D eigenvalue weighted by molar-refractivity contribution is -0.137. The Hall–Kier alpha value is -2.92. The van der Waals surface area contributed by atoms with E-state index in [9.17, 15) is 57.9 Å². The van der Waals surface area contributed by atoms with Crippen LogP contribution in [0.25, 0.3) is 11.2 Å². The highest BCUT2D eigenvalue weighted by Crippen LogP contribution is 2.61.